The molecular weight excluding hydrogens is 304 g/mol. The summed E-state index contributed by atoms with van der Waals surface area (Å²) in [6.45, 7) is 5.94. The zero-order chi connectivity index (χ0) is 15.3. The zero-order valence-corrected chi connectivity index (χ0v) is 14.4. The van der Waals surface area contributed by atoms with Gasteiger partial charge in [0.15, 0.2) is 0 Å². The summed E-state index contributed by atoms with van der Waals surface area (Å²) in [4.78, 5) is 16.3. The maximum atomic E-state index is 12.2. The molecule has 1 aromatic heterocycles. The summed E-state index contributed by atoms with van der Waals surface area (Å²) in [5.74, 6) is 4.07. The number of hydrogen-bond donors (Lipinski definition) is 1. The monoisotopic (exact) mass is 326 g/mol. The third-order valence-corrected chi connectivity index (χ3v) is 5.61. The fraction of sp³-hybridized carbons (Fsp3) is 0.600. The minimum absolute atomic E-state index is 0.0294. The second kappa shape index (κ2) is 7.40. The summed E-state index contributed by atoms with van der Waals surface area (Å²) in [5.41, 5.74) is 0.336. The van der Waals surface area contributed by atoms with Crippen molar-refractivity contribution in [2.75, 3.05) is 22.6 Å². The van der Waals surface area contributed by atoms with Crippen LogP contribution in [0.15, 0.2) is 18.5 Å². The summed E-state index contributed by atoms with van der Waals surface area (Å²) in [6, 6.07) is 1.78. The van der Waals surface area contributed by atoms with Gasteiger partial charge in [0, 0.05) is 41.2 Å². The van der Waals surface area contributed by atoms with Crippen LogP contribution in [0.1, 0.15) is 27.2 Å². The van der Waals surface area contributed by atoms with Crippen LogP contribution in [0.25, 0.3) is 0 Å². The maximum absolute atomic E-state index is 12.2. The molecule has 4 nitrogen and oxygen atoms in total. The second-order valence-corrected chi connectivity index (χ2v) is 8.46. The molecule has 1 saturated heterocycles. The summed E-state index contributed by atoms with van der Waals surface area (Å²) in [6.07, 6.45) is 3.85. The van der Waals surface area contributed by atoms with E-state index in [1.807, 2.05) is 44.3 Å². The third kappa shape index (κ3) is 5.79. The van der Waals surface area contributed by atoms with Crippen molar-refractivity contribution in [2.45, 2.75) is 38.0 Å². The Morgan fingerprint density at radius 1 is 1.48 bits per heavy atom. The molecule has 21 heavy (non-hydrogen) atoms. The van der Waals surface area contributed by atoms with Crippen LogP contribution in [0.2, 0.25) is 0 Å². The van der Waals surface area contributed by atoms with Gasteiger partial charge in [0.05, 0.1) is 6.20 Å². The van der Waals surface area contributed by atoms with Crippen LogP contribution in [-0.2, 0) is 4.79 Å². The van der Waals surface area contributed by atoms with Crippen molar-refractivity contribution in [3.8, 4) is 5.75 Å². The molecule has 0 radical (unpaired) electrons. The largest absolute Gasteiger partial charge is 0.486 e. The number of amides is 1. The molecule has 116 valence electrons. The van der Waals surface area contributed by atoms with Crippen molar-refractivity contribution < 1.29 is 9.53 Å². The van der Waals surface area contributed by atoms with Crippen LogP contribution in [0.3, 0.4) is 0 Å². The Morgan fingerprint density at radius 2 is 2.29 bits per heavy atom. The number of ether oxygens (including phenoxy) is 1. The van der Waals surface area contributed by atoms with Gasteiger partial charge in [-0.2, -0.15) is 23.5 Å². The average molecular weight is 326 g/mol. The van der Waals surface area contributed by atoms with Crippen molar-refractivity contribution in [3.63, 3.8) is 0 Å². The molecule has 1 aliphatic rings. The number of carbonyl (C=O) groups is 1. The molecule has 1 aromatic rings. The van der Waals surface area contributed by atoms with Crippen LogP contribution in [0, 0.1) is 0 Å². The van der Waals surface area contributed by atoms with Crippen LogP contribution < -0.4 is 10.1 Å². The summed E-state index contributed by atoms with van der Waals surface area (Å²) >= 11 is 3.81. The first-order chi connectivity index (χ1) is 9.94. The Hall–Kier alpha value is -0.880. The predicted octanol–water partition coefficient (Wildman–Crippen LogP) is 3.44. The molecule has 2 rings (SSSR count). The molecule has 0 aliphatic carbocycles. The highest BCUT2D eigenvalue weighted by molar-refractivity contribution is 8.06. The van der Waals surface area contributed by atoms with Gasteiger partial charge in [-0.05, 0) is 20.8 Å². The number of thioether (sulfide) groups is 2. The molecule has 6 heteroatoms. The Labute approximate surface area is 134 Å². The number of nitrogens with zero attached hydrogens (tertiary/aromatic N) is 1. The smallest absolute Gasteiger partial charge is 0.225 e. The highest BCUT2D eigenvalue weighted by atomic mass is 32.2. The number of anilines is 1. The fourth-order valence-corrected chi connectivity index (χ4v) is 4.64. The molecule has 1 amide bonds. The number of rotatable bonds is 4. The van der Waals surface area contributed by atoms with E-state index >= 15 is 0 Å². The van der Waals surface area contributed by atoms with Crippen molar-refractivity contribution in [3.05, 3.63) is 18.5 Å². The number of pyridine rings is 1. The van der Waals surface area contributed by atoms with E-state index in [1.54, 1.807) is 18.5 Å². The van der Waals surface area contributed by atoms with Crippen LogP contribution in [-0.4, -0.2) is 39.0 Å². The van der Waals surface area contributed by atoms with Crippen molar-refractivity contribution in [1.82, 2.24) is 4.98 Å². The Bertz CT molecular complexity index is 483. The Kier molecular flexibility index (Phi) is 5.81. The quantitative estimate of drug-likeness (QED) is 0.918. The van der Waals surface area contributed by atoms with Crippen molar-refractivity contribution in [1.29, 1.82) is 0 Å². The molecule has 1 fully saturated rings. The fourth-order valence-electron chi connectivity index (χ4n) is 1.96. The molecule has 1 aliphatic heterocycles. The van der Waals surface area contributed by atoms with Gasteiger partial charge < -0.3 is 10.1 Å². The normalized spacial score (nSPS) is 19.1. The lowest BCUT2D eigenvalue weighted by Crippen LogP contribution is -2.25. The van der Waals surface area contributed by atoms with Gasteiger partial charge in [0.2, 0.25) is 5.91 Å². The first-order valence-corrected chi connectivity index (χ1v) is 9.26. The van der Waals surface area contributed by atoms with Gasteiger partial charge in [-0.15, -0.1) is 0 Å². The number of carbonyl (C=O) groups excluding carboxylic acids is 1. The third-order valence-electron chi connectivity index (χ3n) is 2.77. The van der Waals surface area contributed by atoms with Crippen molar-refractivity contribution >= 4 is 35.1 Å². The van der Waals surface area contributed by atoms with Crippen molar-refractivity contribution in [2.24, 2.45) is 0 Å². The predicted molar refractivity (Wildman–Crippen MR) is 91.4 cm³/mol. The molecule has 2 heterocycles. The van der Waals surface area contributed by atoms with E-state index in [2.05, 4.69) is 10.3 Å². The molecule has 0 aromatic carbocycles. The number of aromatic nitrogens is 1. The standard InChI is InChI=1S/C15H22N2O2S2/c1-15(2,3)19-13-4-5-16-9-12(13)17-14(18)8-11-10-20-6-7-21-11/h4-5,9,11H,6-8,10H2,1-3H3,(H,17,18). The van der Waals surface area contributed by atoms with Gasteiger partial charge in [0.25, 0.3) is 0 Å². The Morgan fingerprint density at radius 3 is 2.95 bits per heavy atom. The lowest BCUT2D eigenvalue weighted by Gasteiger charge is -2.24. The lowest BCUT2D eigenvalue weighted by atomic mass is 10.2. The van der Waals surface area contributed by atoms with E-state index in [4.69, 9.17) is 4.74 Å². The molecule has 1 unspecified atom stereocenters. The number of hydrogen-bond acceptors (Lipinski definition) is 5. The highest BCUT2D eigenvalue weighted by Gasteiger charge is 2.20. The number of nitrogens with one attached hydrogen (secondary N) is 1. The minimum atomic E-state index is -0.309. The van der Waals surface area contributed by atoms with E-state index < -0.39 is 0 Å². The van der Waals surface area contributed by atoms with E-state index in [0.717, 1.165) is 11.5 Å². The molecule has 0 saturated carbocycles. The van der Waals surface area contributed by atoms with Gasteiger partial charge in [-0.3, -0.25) is 9.78 Å². The summed E-state index contributed by atoms with van der Waals surface area (Å²) in [5, 5.41) is 3.34. The first-order valence-electron chi connectivity index (χ1n) is 7.06. The SMILES string of the molecule is CC(C)(C)Oc1ccncc1NC(=O)CC1CSCCS1. The Balaban J connectivity index is 1.96. The molecule has 0 bridgehead atoms. The van der Waals surface area contributed by atoms with Gasteiger partial charge in [0.1, 0.15) is 17.0 Å². The lowest BCUT2D eigenvalue weighted by molar-refractivity contribution is -0.116. The molecular formula is C15H22N2O2S2. The zero-order valence-electron chi connectivity index (χ0n) is 12.7. The molecule has 1 atom stereocenters. The van der Waals surface area contributed by atoms with E-state index in [0.29, 0.717) is 23.1 Å². The van der Waals surface area contributed by atoms with Gasteiger partial charge in [-0.1, -0.05) is 0 Å². The van der Waals surface area contributed by atoms with Gasteiger partial charge in [-0.25, -0.2) is 0 Å². The summed E-state index contributed by atoms with van der Waals surface area (Å²) < 4.78 is 5.86. The first kappa shape index (κ1) is 16.5. The van der Waals surface area contributed by atoms with Gasteiger partial charge >= 0.3 is 0 Å². The van der Waals surface area contributed by atoms with E-state index in [-0.39, 0.29) is 11.5 Å². The minimum Gasteiger partial charge on any atom is -0.486 e. The molecule has 0 spiro atoms. The summed E-state index contributed by atoms with van der Waals surface area (Å²) in [7, 11) is 0. The topological polar surface area (TPSA) is 51.2 Å². The second-order valence-electron chi connectivity index (χ2n) is 5.91. The maximum Gasteiger partial charge on any atom is 0.225 e. The highest BCUT2D eigenvalue weighted by Crippen LogP contribution is 2.29. The van der Waals surface area contributed by atoms with Crippen LogP contribution >= 0.6 is 23.5 Å². The average Bonchev–Trinajstić information content (AvgIpc) is 2.40. The molecule has 1 N–H and O–H groups in total. The van der Waals surface area contributed by atoms with E-state index in [1.165, 1.54) is 5.75 Å². The van der Waals surface area contributed by atoms with E-state index in [9.17, 15) is 4.79 Å². The van der Waals surface area contributed by atoms with Crippen LogP contribution in [0.4, 0.5) is 5.69 Å². The van der Waals surface area contributed by atoms with Crippen LogP contribution in [0.5, 0.6) is 5.75 Å².